The van der Waals surface area contributed by atoms with E-state index in [1.54, 1.807) is 17.0 Å². The van der Waals surface area contributed by atoms with Gasteiger partial charge in [0.2, 0.25) is 0 Å². The molecule has 0 aliphatic carbocycles. The molecule has 1 aliphatic heterocycles. The van der Waals surface area contributed by atoms with Gasteiger partial charge in [-0.05, 0) is 110 Å². The van der Waals surface area contributed by atoms with Crippen molar-refractivity contribution in [1.29, 1.82) is 0 Å². The first-order chi connectivity index (χ1) is 16.9. The summed E-state index contributed by atoms with van der Waals surface area (Å²) in [5, 5.41) is 10.8. The Morgan fingerprint density at radius 2 is 1.60 bits per heavy atom. The zero-order chi connectivity index (χ0) is 25.1. The van der Waals surface area contributed by atoms with Crippen molar-refractivity contribution in [3.8, 4) is 11.5 Å². The number of nitrogens with zero attached hydrogens (tertiary/aromatic N) is 2. The van der Waals surface area contributed by atoms with Crippen LogP contribution in [0.15, 0.2) is 73.4 Å². The first kappa shape index (κ1) is 25.5. The molecule has 5 nitrogen and oxygen atoms in total. The minimum absolute atomic E-state index is 0.0117. The van der Waals surface area contributed by atoms with Crippen molar-refractivity contribution in [2.24, 2.45) is 4.99 Å². The normalized spacial score (nSPS) is 15.9. The summed E-state index contributed by atoms with van der Waals surface area (Å²) in [6.07, 6.45) is 3.65. The molecule has 0 saturated carbocycles. The van der Waals surface area contributed by atoms with Crippen LogP contribution in [-0.4, -0.2) is 23.3 Å². The molecule has 8 heteroatoms. The van der Waals surface area contributed by atoms with Gasteiger partial charge >= 0.3 is 0 Å². The van der Waals surface area contributed by atoms with Crippen molar-refractivity contribution in [2.75, 3.05) is 12.0 Å². The van der Waals surface area contributed by atoms with Crippen molar-refractivity contribution in [1.82, 2.24) is 0 Å². The van der Waals surface area contributed by atoms with Gasteiger partial charge in [0.15, 0.2) is 16.7 Å². The summed E-state index contributed by atoms with van der Waals surface area (Å²) in [6.45, 7) is 4.21. The van der Waals surface area contributed by atoms with Gasteiger partial charge in [-0.3, -0.25) is 9.69 Å². The fraction of sp³-hybridized carbons (Fsp3) is 0.185. The Bertz CT molecular complexity index is 1320. The molecule has 1 amide bonds. The number of amides is 1. The smallest absolute Gasteiger partial charge is 0.271 e. The number of aliphatic imine (C=N–C) groups is 1. The van der Waals surface area contributed by atoms with E-state index in [0.717, 1.165) is 24.2 Å². The molecule has 1 N–H and O–H groups in total. The second-order valence-corrected chi connectivity index (χ2v) is 10.4. The van der Waals surface area contributed by atoms with Crippen LogP contribution in [0.3, 0.4) is 0 Å². The predicted molar refractivity (Wildman–Crippen MR) is 152 cm³/mol. The maximum atomic E-state index is 13.6. The average Bonchev–Trinajstić information content (AvgIpc) is 3.18. The number of benzene rings is 3. The van der Waals surface area contributed by atoms with Gasteiger partial charge in [0, 0.05) is 4.47 Å². The highest BCUT2D eigenvalue weighted by Crippen LogP contribution is 2.44. The molecule has 3 aromatic rings. The Morgan fingerprint density at radius 1 is 1.00 bits per heavy atom. The van der Waals surface area contributed by atoms with Crippen molar-refractivity contribution >= 4 is 72.1 Å². The molecule has 0 unspecified atom stereocenters. The van der Waals surface area contributed by atoms with Crippen LogP contribution < -0.4 is 9.64 Å². The fourth-order valence-electron chi connectivity index (χ4n) is 3.59. The lowest BCUT2D eigenvalue weighted by Gasteiger charge is -2.16. The van der Waals surface area contributed by atoms with Gasteiger partial charge in [-0.15, -0.1) is 0 Å². The summed E-state index contributed by atoms with van der Waals surface area (Å²) in [5.74, 6) is 0.125. The lowest BCUT2D eigenvalue weighted by Crippen LogP contribution is -2.28. The van der Waals surface area contributed by atoms with Gasteiger partial charge in [0.05, 0.1) is 27.9 Å². The Balaban J connectivity index is 1.80. The zero-order valence-corrected chi connectivity index (χ0v) is 23.5. The molecule has 180 valence electrons. The summed E-state index contributed by atoms with van der Waals surface area (Å²) >= 11 is 8.20. The van der Waals surface area contributed by atoms with Crippen molar-refractivity contribution in [3.63, 3.8) is 0 Å². The van der Waals surface area contributed by atoms with Crippen molar-refractivity contribution < 1.29 is 14.6 Å². The number of anilines is 1. The summed E-state index contributed by atoms with van der Waals surface area (Å²) in [6, 6.07) is 17.7. The highest BCUT2D eigenvalue weighted by Gasteiger charge is 2.35. The van der Waals surface area contributed by atoms with Gasteiger partial charge in [0.1, 0.15) is 0 Å². The number of thioether (sulfide) groups is 1. The van der Waals surface area contributed by atoms with Crippen molar-refractivity contribution in [2.45, 2.75) is 26.7 Å². The van der Waals surface area contributed by atoms with E-state index < -0.39 is 0 Å². The van der Waals surface area contributed by atoms with Gasteiger partial charge in [-0.2, -0.15) is 0 Å². The predicted octanol–water partition coefficient (Wildman–Crippen LogP) is 7.86. The van der Waals surface area contributed by atoms with Crippen LogP contribution in [-0.2, 0) is 17.6 Å². The number of hydrogen-bond acceptors (Lipinski definition) is 5. The van der Waals surface area contributed by atoms with Gasteiger partial charge in [0.25, 0.3) is 5.91 Å². The number of carbonyl (C=O) groups is 1. The fourth-order valence-corrected chi connectivity index (χ4v) is 5.42. The minimum atomic E-state index is -0.168. The van der Waals surface area contributed by atoms with Crippen LogP contribution in [0.25, 0.3) is 6.08 Å². The molecule has 0 radical (unpaired) electrons. The average molecular weight is 616 g/mol. The largest absolute Gasteiger partial charge is 0.503 e. The second kappa shape index (κ2) is 11.0. The number of rotatable bonds is 6. The molecule has 0 spiro atoms. The highest BCUT2D eigenvalue weighted by molar-refractivity contribution is 9.13. The monoisotopic (exact) mass is 614 g/mol. The summed E-state index contributed by atoms with van der Waals surface area (Å²) < 4.78 is 6.36. The zero-order valence-electron chi connectivity index (χ0n) is 19.5. The Morgan fingerprint density at radius 3 is 2.17 bits per heavy atom. The second-order valence-electron chi connectivity index (χ2n) is 7.83. The number of ether oxygens (including phenoxy) is 1. The maximum Gasteiger partial charge on any atom is 0.271 e. The number of hydrogen-bond donors (Lipinski definition) is 1. The highest BCUT2D eigenvalue weighted by atomic mass is 79.9. The van der Waals surface area contributed by atoms with E-state index in [2.05, 4.69) is 57.8 Å². The molecule has 1 aliphatic rings. The van der Waals surface area contributed by atoms with Crippen molar-refractivity contribution in [3.05, 3.63) is 85.1 Å². The van der Waals surface area contributed by atoms with Gasteiger partial charge < -0.3 is 9.84 Å². The molecule has 0 bridgehead atoms. The van der Waals surface area contributed by atoms with E-state index in [1.165, 1.54) is 30.0 Å². The number of methoxy groups -OCH3 is 1. The number of halogens is 2. The Hall–Kier alpha value is -2.55. The van der Waals surface area contributed by atoms with E-state index >= 15 is 0 Å². The van der Waals surface area contributed by atoms with E-state index in [-0.39, 0.29) is 11.7 Å². The molecule has 1 heterocycles. The molecule has 1 saturated heterocycles. The molecule has 0 atom stereocenters. The molecule has 3 aromatic carbocycles. The SMILES string of the molecule is CCc1ccc(N=C2S/C(=C\c3cc(OC)c(O)c(Br)c3Br)C(=O)N2c2ccc(CC)cc2)cc1. The molecule has 0 aromatic heterocycles. The van der Waals surface area contributed by atoms with Crippen LogP contribution >= 0.6 is 43.6 Å². The van der Waals surface area contributed by atoms with E-state index in [1.807, 2.05) is 36.4 Å². The third-order valence-electron chi connectivity index (χ3n) is 5.66. The summed E-state index contributed by atoms with van der Waals surface area (Å²) in [7, 11) is 1.48. The molecule has 1 fully saturated rings. The number of aryl methyl sites for hydroxylation is 2. The van der Waals surface area contributed by atoms with Crippen LogP contribution in [0.1, 0.15) is 30.5 Å². The molecule has 35 heavy (non-hydrogen) atoms. The standard InChI is InChI=1S/C27H24Br2N2O3S/c1-4-16-6-10-19(11-7-16)30-27-31(20-12-8-17(5-2)9-13-20)26(33)22(35-27)15-18-14-21(34-3)25(32)24(29)23(18)28/h6-15,32H,4-5H2,1-3H3/b22-15-,30-27?. The molecular formula is C27H24Br2N2O3S. The van der Waals surface area contributed by atoms with Crippen LogP contribution in [0.2, 0.25) is 0 Å². The summed E-state index contributed by atoms with van der Waals surface area (Å²) in [4.78, 5) is 20.6. The Kier molecular flexibility index (Phi) is 8.04. The van der Waals surface area contributed by atoms with Gasteiger partial charge in [-0.1, -0.05) is 38.1 Å². The summed E-state index contributed by atoms with van der Waals surface area (Å²) in [5.41, 5.74) is 4.66. The first-order valence-corrected chi connectivity index (χ1v) is 13.5. The Labute approximate surface area is 226 Å². The van der Waals surface area contributed by atoms with Crippen LogP contribution in [0.5, 0.6) is 11.5 Å². The molecule has 4 rings (SSSR count). The molecular weight excluding hydrogens is 592 g/mol. The van der Waals surface area contributed by atoms with Crippen LogP contribution in [0.4, 0.5) is 11.4 Å². The number of carbonyl (C=O) groups excluding carboxylic acids is 1. The first-order valence-electron chi connectivity index (χ1n) is 11.1. The van der Waals surface area contributed by atoms with E-state index in [9.17, 15) is 9.90 Å². The van der Waals surface area contributed by atoms with Crippen LogP contribution in [0, 0.1) is 0 Å². The number of amidine groups is 1. The van der Waals surface area contributed by atoms with E-state index in [0.29, 0.717) is 30.3 Å². The third-order valence-corrected chi connectivity index (χ3v) is 8.79. The number of aromatic hydroxyl groups is 1. The minimum Gasteiger partial charge on any atom is -0.503 e. The number of phenols is 1. The van der Waals surface area contributed by atoms with E-state index in [4.69, 9.17) is 9.73 Å². The lowest BCUT2D eigenvalue weighted by molar-refractivity contribution is -0.113. The lowest BCUT2D eigenvalue weighted by atomic mass is 10.1. The maximum absolute atomic E-state index is 13.6. The topological polar surface area (TPSA) is 62.1 Å². The quantitative estimate of drug-likeness (QED) is 0.287. The van der Waals surface area contributed by atoms with Gasteiger partial charge in [-0.25, -0.2) is 4.99 Å². The third kappa shape index (κ3) is 5.34. The number of phenolic OH excluding ortho intramolecular Hbond substituents is 1.